The first-order valence-corrected chi connectivity index (χ1v) is 7.34. The minimum Gasteiger partial charge on any atom is -0.340 e. The molecule has 0 saturated heterocycles. The number of hydrogen-bond acceptors (Lipinski definition) is 4. The molecule has 1 amide bonds. The van der Waals surface area contributed by atoms with Gasteiger partial charge in [0.15, 0.2) is 0 Å². The van der Waals surface area contributed by atoms with Crippen LogP contribution in [0.1, 0.15) is 10.4 Å². The second kappa shape index (κ2) is 6.65. The highest BCUT2D eigenvalue weighted by Crippen LogP contribution is 2.11. The summed E-state index contributed by atoms with van der Waals surface area (Å²) in [6, 6.07) is 5.88. The summed E-state index contributed by atoms with van der Waals surface area (Å²) in [5, 5.41) is 2.96. The van der Waals surface area contributed by atoms with Crippen LogP contribution in [0.5, 0.6) is 0 Å². The fourth-order valence-electron chi connectivity index (χ4n) is 1.50. The summed E-state index contributed by atoms with van der Waals surface area (Å²) >= 11 is 0. The second-order valence-electron chi connectivity index (χ2n) is 4.06. The summed E-state index contributed by atoms with van der Waals surface area (Å²) in [5.74, 6) is -0.136. The van der Waals surface area contributed by atoms with E-state index in [1.165, 1.54) is 31.3 Å². The van der Waals surface area contributed by atoms with Gasteiger partial charge in [0, 0.05) is 25.7 Å². The van der Waals surface area contributed by atoms with E-state index in [1.807, 2.05) is 7.05 Å². The number of carbonyl (C=O) groups is 1. The number of likely N-dealkylation sites (N-methyl/N-ethyl adjacent to an activating group) is 2. The van der Waals surface area contributed by atoms with Gasteiger partial charge in [-0.05, 0) is 38.4 Å². The van der Waals surface area contributed by atoms with Crippen LogP contribution in [0.3, 0.4) is 0 Å². The number of sulfonamides is 1. The number of nitrogens with one attached hydrogen (secondary N) is 2. The fourth-order valence-corrected chi connectivity index (χ4v) is 2.23. The van der Waals surface area contributed by atoms with Crippen molar-refractivity contribution in [2.24, 2.45) is 0 Å². The van der Waals surface area contributed by atoms with Crippen molar-refractivity contribution in [2.75, 3.05) is 34.2 Å². The molecule has 0 aliphatic rings. The van der Waals surface area contributed by atoms with E-state index < -0.39 is 10.0 Å². The van der Waals surface area contributed by atoms with Gasteiger partial charge in [-0.1, -0.05) is 0 Å². The summed E-state index contributed by atoms with van der Waals surface area (Å²) in [6.07, 6.45) is 0. The molecule has 19 heavy (non-hydrogen) atoms. The third kappa shape index (κ3) is 4.02. The lowest BCUT2D eigenvalue weighted by molar-refractivity contribution is 0.0797. The van der Waals surface area contributed by atoms with E-state index in [9.17, 15) is 13.2 Å². The predicted molar refractivity (Wildman–Crippen MR) is 73.6 cm³/mol. The molecule has 0 saturated carbocycles. The topological polar surface area (TPSA) is 78.5 Å². The number of hydrogen-bond donors (Lipinski definition) is 2. The standard InChI is InChI=1S/C12H19N3O3S/c1-13-8-9-15(3)12(16)10-4-6-11(7-5-10)19(17,18)14-2/h4-7,13-14H,8-9H2,1-3H3. The van der Waals surface area contributed by atoms with E-state index in [2.05, 4.69) is 10.0 Å². The van der Waals surface area contributed by atoms with E-state index in [4.69, 9.17) is 0 Å². The SMILES string of the molecule is CNCCN(C)C(=O)c1ccc(S(=O)(=O)NC)cc1. The molecule has 0 aromatic heterocycles. The lowest BCUT2D eigenvalue weighted by Crippen LogP contribution is -2.32. The van der Waals surface area contributed by atoms with Crippen molar-refractivity contribution in [1.29, 1.82) is 0 Å². The summed E-state index contributed by atoms with van der Waals surface area (Å²) in [4.78, 5) is 13.7. The molecular formula is C12H19N3O3S. The molecule has 1 aromatic rings. The Hall–Kier alpha value is -1.44. The normalized spacial score (nSPS) is 11.3. The maximum absolute atomic E-state index is 12.0. The zero-order valence-electron chi connectivity index (χ0n) is 11.3. The van der Waals surface area contributed by atoms with Gasteiger partial charge >= 0.3 is 0 Å². The molecule has 0 unspecified atom stereocenters. The highest BCUT2D eigenvalue weighted by Gasteiger charge is 2.14. The molecule has 6 nitrogen and oxygen atoms in total. The number of benzene rings is 1. The van der Waals surface area contributed by atoms with E-state index in [1.54, 1.807) is 11.9 Å². The highest BCUT2D eigenvalue weighted by atomic mass is 32.2. The zero-order valence-corrected chi connectivity index (χ0v) is 12.1. The molecule has 106 valence electrons. The molecule has 1 aromatic carbocycles. The third-order valence-electron chi connectivity index (χ3n) is 2.72. The van der Waals surface area contributed by atoms with Crippen molar-refractivity contribution in [3.8, 4) is 0 Å². The van der Waals surface area contributed by atoms with Crippen molar-refractivity contribution < 1.29 is 13.2 Å². The van der Waals surface area contributed by atoms with Gasteiger partial charge in [0.1, 0.15) is 0 Å². The number of amides is 1. The molecule has 0 spiro atoms. The van der Waals surface area contributed by atoms with Crippen LogP contribution in [0.25, 0.3) is 0 Å². The van der Waals surface area contributed by atoms with Gasteiger partial charge in [-0.2, -0.15) is 0 Å². The average Bonchev–Trinajstić information content (AvgIpc) is 2.44. The Balaban J connectivity index is 2.85. The molecular weight excluding hydrogens is 266 g/mol. The molecule has 0 aliphatic carbocycles. The molecule has 2 N–H and O–H groups in total. The third-order valence-corrected chi connectivity index (χ3v) is 4.15. The van der Waals surface area contributed by atoms with Crippen LogP contribution in [-0.4, -0.2) is 53.5 Å². The molecule has 0 atom stereocenters. The molecule has 0 radical (unpaired) electrons. The molecule has 0 fully saturated rings. The van der Waals surface area contributed by atoms with Crippen LogP contribution >= 0.6 is 0 Å². The number of rotatable bonds is 6. The smallest absolute Gasteiger partial charge is 0.253 e. The molecule has 0 bridgehead atoms. The van der Waals surface area contributed by atoms with Gasteiger partial charge in [0.05, 0.1) is 4.90 Å². The lowest BCUT2D eigenvalue weighted by atomic mass is 10.2. The van der Waals surface area contributed by atoms with Gasteiger partial charge in [-0.3, -0.25) is 4.79 Å². The minimum atomic E-state index is -3.46. The summed E-state index contributed by atoms with van der Waals surface area (Å²) in [6.45, 7) is 1.29. The maximum Gasteiger partial charge on any atom is 0.253 e. The summed E-state index contributed by atoms with van der Waals surface area (Å²) in [5.41, 5.74) is 0.466. The fraction of sp³-hybridized carbons (Fsp3) is 0.417. The van der Waals surface area contributed by atoms with Crippen LogP contribution in [0.2, 0.25) is 0 Å². The lowest BCUT2D eigenvalue weighted by Gasteiger charge is -2.17. The summed E-state index contributed by atoms with van der Waals surface area (Å²) in [7, 11) is 1.41. The molecule has 0 aliphatic heterocycles. The van der Waals surface area contributed by atoms with Gasteiger partial charge in [-0.15, -0.1) is 0 Å². The molecule has 0 heterocycles. The van der Waals surface area contributed by atoms with E-state index in [0.29, 0.717) is 18.7 Å². The Kier molecular flexibility index (Phi) is 5.46. The van der Waals surface area contributed by atoms with Crippen molar-refractivity contribution in [2.45, 2.75) is 4.90 Å². The highest BCUT2D eigenvalue weighted by molar-refractivity contribution is 7.89. The van der Waals surface area contributed by atoms with Crippen molar-refractivity contribution in [3.05, 3.63) is 29.8 Å². The molecule has 7 heteroatoms. The largest absolute Gasteiger partial charge is 0.340 e. The van der Waals surface area contributed by atoms with Gasteiger partial charge in [-0.25, -0.2) is 13.1 Å². The molecule has 1 rings (SSSR count). The van der Waals surface area contributed by atoms with Gasteiger partial charge < -0.3 is 10.2 Å². The van der Waals surface area contributed by atoms with Crippen LogP contribution < -0.4 is 10.0 Å². The first kappa shape index (κ1) is 15.6. The van der Waals surface area contributed by atoms with Crippen LogP contribution in [0, 0.1) is 0 Å². The summed E-state index contributed by atoms with van der Waals surface area (Å²) < 4.78 is 25.3. The number of carbonyl (C=O) groups excluding carboxylic acids is 1. The van der Waals surface area contributed by atoms with Crippen molar-refractivity contribution in [3.63, 3.8) is 0 Å². The van der Waals surface area contributed by atoms with Crippen LogP contribution in [-0.2, 0) is 10.0 Å². The number of nitrogens with zero attached hydrogens (tertiary/aromatic N) is 1. The Labute approximate surface area is 113 Å². The first-order valence-electron chi connectivity index (χ1n) is 5.86. The van der Waals surface area contributed by atoms with Gasteiger partial charge in [0.25, 0.3) is 5.91 Å². The van der Waals surface area contributed by atoms with E-state index in [-0.39, 0.29) is 10.8 Å². The monoisotopic (exact) mass is 285 g/mol. The average molecular weight is 285 g/mol. The zero-order chi connectivity index (χ0) is 14.5. The Bertz CT molecular complexity index is 526. The van der Waals surface area contributed by atoms with Crippen molar-refractivity contribution >= 4 is 15.9 Å². The first-order chi connectivity index (χ1) is 8.92. The predicted octanol–water partition coefficient (Wildman–Crippen LogP) is -0.114. The second-order valence-corrected chi connectivity index (χ2v) is 5.95. The Morgan fingerprint density at radius 1 is 1.21 bits per heavy atom. The Morgan fingerprint density at radius 3 is 2.26 bits per heavy atom. The van der Waals surface area contributed by atoms with E-state index in [0.717, 1.165) is 0 Å². The van der Waals surface area contributed by atoms with E-state index >= 15 is 0 Å². The van der Waals surface area contributed by atoms with Crippen LogP contribution in [0.4, 0.5) is 0 Å². The van der Waals surface area contributed by atoms with Crippen molar-refractivity contribution in [1.82, 2.24) is 14.9 Å². The van der Waals surface area contributed by atoms with Gasteiger partial charge in [0.2, 0.25) is 10.0 Å². The Morgan fingerprint density at radius 2 is 1.79 bits per heavy atom. The maximum atomic E-state index is 12.0. The minimum absolute atomic E-state index is 0.136. The quantitative estimate of drug-likeness (QED) is 0.764. The van der Waals surface area contributed by atoms with Crippen LogP contribution in [0.15, 0.2) is 29.2 Å².